The number of hydrogen-bond donors (Lipinski definition) is 0. The summed E-state index contributed by atoms with van der Waals surface area (Å²) >= 11 is 0. The van der Waals surface area contributed by atoms with Crippen molar-refractivity contribution < 1.29 is 46.5 Å². The zero-order valence-corrected chi connectivity index (χ0v) is 19.9. The Balaban J connectivity index is 2.99. The van der Waals surface area contributed by atoms with E-state index in [1.807, 2.05) is 0 Å². The summed E-state index contributed by atoms with van der Waals surface area (Å²) in [7, 11) is 0.792. The number of allylic oxidation sites excluding steroid dienone is 1. The van der Waals surface area contributed by atoms with E-state index in [2.05, 4.69) is 0 Å². The predicted octanol–water partition coefficient (Wildman–Crippen LogP) is 4.49. The molecule has 0 N–H and O–H groups in total. The fourth-order valence-electron chi connectivity index (χ4n) is 3.18. The highest BCUT2D eigenvalue weighted by Crippen LogP contribution is 2.43. The van der Waals surface area contributed by atoms with Gasteiger partial charge < -0.3 is 18.9 Å². The third kappa shape index (κ3) is 7.06. The van der Waals surface area contributed by atoms with E-state index in [9.17, 15) is 27.6 Å². The maximum Gasteiger partial charge on any atom is 0.432 e. The van der Waals surface area contributed by atoms with Crippen molar-refractivity contribution in [2.75, 3.05) is 20.3 Å². The first-order valence-electron chi connectivity index (χ1n) is 10.8. The van der Waals surface area contributed by atoms with Crippen molar-refractivity contribution in [3.63, 3.8) is 0 Å². The molecule has 1 aromatic carbocycles. The fraction of sp³-hybridized carbons (Fsp3) is 0.542. The van der Waals surface area contributed by atoms with Crippen molar-refractivity contribution in [2.45, 2.75) is 58.4 Å². The lowest BCUT2D eigenvalue weighted by Gasteiger charge is -2.33. The molecule has 0 aromatic heterocycles. The van der Waals surface area contributed by atoms with Gasteiger partial charge in [0.15, 0.2) is 5.92 Å². The topological polar surface area (TPSA) is 88.1 Å². The van der Waals surface area contributed by atoms with Crippen molar-refractivity contribution in [3.05, 3.63) is 47.5 Å². The highest BCUT2D eigenvalue weighted by molar-refractivity contribution is 5.94. The number of carbonyl (C=O) groups excluding carboxylic acids is 3. The molecule has 0 saturated heterocycles. The first-order chi connectivity index (χ1) is 16.0. The Morgan fingerprint density at radius 1 is 1.00 bits per heavy atom. The molecular weight excluding hydrogens is 457 g/mol. The molecule has 0 fully saturated rings. The first kappa shape index (κ1) is 29.2. The van der Waals surface area contributed by atoms with Gasteiger partial charge in [0.1, 0.15) is 6.10 Å². The molecule has 0 saturated carbocycles. The third-order valence-corrected chi connectivity index (χ3v) is 5.16. The van der Waals surface area contributed by atoms with Gasteiger partial charge in [-0.2, -0.15) is 13.2 Å². The Hall–Kier alpha value is -2.88. The summed E-state index contributed by atoms with van der Waals surface area (Å²) in [5, 5.41) is 0. The molecule has 10 heteroatoms. The predicted molar refractivity (Wildman–Crippen MR) is 116 cm³/mol. The normalized spacial score (nSPS) is 14.8. The molecule has 0 aliphatic heterocycles. The van der Waals surface area contributed by atoms with E-state index in [1.54, 1.807) is 26.8 Å². The molecule has 0 radical (unpaired) electrons. The Labute approximate surface area is 197 Å². The van der Waals surface area contributed by atoms with Gasteiger partial charge in [0.05, 0.1) is 13.2 Å². The van der Waals surface area contributed by atoms with E-state index in [1.165, 1.54) is 25.1 Å². The minimum Gasteiger partial charge on any atom is -0.465 e. The third-order valence-electron chi connectivity index (χ3n) is 5.16. The Bertz CT molecular complexity index is 834. The van der Waals surface area contributed by atoms with Crippen LogP contribution in [0.5, 0.6) is 0 Å². The van der Waals surface area contributed by atoms with E-state index >= 15 is 0 Å². The van der Waals surface area contributed by atoms with Crippen LogP contribution in [-0.4, -0.2) is 50.5 Å². The van der Waals surface area contributed by atoms with Gasteiger partial charge in [-0.3, -0.25) is 9.59 Å². The van der Waals surface area contributed by atoms with E-state index < -0.39 is 47.3 Å². The molecule has 1 aromatic rings. The largest absolute Gasteiger partial charge is 0.465 e. The van der Waals surface area contributed by atoms with Gasteiger partial charge in [-0.25, -0.2) is 4.79 Å². The average molecular weight is 488 g/mol. The average Bonchev–Trinajstić information content (AvgIpc) is 2.77. The second-order valence-corrected chi connectivity index (χ2v) is 7.38. The van der Waals surface area contributed by atoms with Crippen LogP contribution in [0, 0.1) is 5.92 Å². The highest BCUT2D eigenvalue weighted by atomic mass is 19.4. The van der Waals surface area contributed by atoms with Crippen LogP contribution in [0.3, 0.4) is 0 Å². The van der Waals surface area contributed by atoms with Gasteiger partial charge in [0, 0.05) is 12.7 Å². The van der Waals surface area contributed by atoms with Crippen LogP contribution in [0.4, 0.5) is 13.2 Å². The molecule has 0 spiro atoms. The first-order valence-corrected chi connectivity index (χ1v) is 10.8. The SMILES string of the molecule is CCOC(=O)C(CC/C=C(\C)[C@H](C)OC(=O)C(OC)(c1ccccc1)C(F)(F)F)C(=O)OCC. The molecule has 34 heavy (non-hydrogen) atoms. The summed E-state index contributed by atoms with van der Waals surface area (Å²) in [5.74, 6) is -4.18. The number of halogens is 3. The molecule has 0 amide bonds. The van der Waals surface area contributed by atoms with Gasteiger partial charge in [-0.15, -0.1) is 0 Å². The molecule has 1 rings (SSSR count). The van der Waals surface area contributed by atoms with E-state index in [-0.39, 0.29) is 26.1 Å². The molecule has 0 aliphatic carbocycles. The minimum atomic E-state index is -5.08. The van der Waals surface area contributed by atoms with Gasteiger partial charge in [-0.05, 0) is 46.1 Å². The quantitative estimate of drug-likeness (QED) is 0.185. The zero-order chi connectivity index (χ0) is 25.9. The number of rotatable bonds is 12. The Kier molecular flexibility index (Phi) is 11.3. The van der Waals surface area contributed by atoms with Gasteiger partial charge in [-0.1, -0.05) is 36.4 Å². The fourth-order valence-corrected chi connectivity index (χ4v) is 3.18. The summed E-state index contributed by atoms with van der Waals surface area (Å²) in [5.41, 5.74) is -3.27. The smallest absolute Gasteiger partial charge is 0.432 e. The van der Waals surface area contributed by atoms with Gasteiger partial charge in [0.25, 0.3) is 5.60 Å². The maximum atomic E-state index is 14.0. The second-order valence-electron chi connectivity index (χ2n) is 7.38. The summed E-state index contributed by atoms with van der Waals surface area (Å²) in [6, 6.07) is 6.51. The van der Waals surface area contributed by atoms with Crippen LogP contribution in [-0.2, 0) is 38.9 Å². The highest BCUT2D eigenvalue weighted by Gasteiger charge is 2.64. The number of benzene rings is 1. The number of esters is 3. The molecule has 7 nitrogen and oxygen atoms in total. The summed E-state index contributed by atoms with van der Waals surface area (Å²) in [6.07, 6.45) is -4.28. The van der Waals surface area contributed by atoms with E-state index in [0.29, 0.717) is 5.57 Å². The van der Waals surface area contributed by atoms with Crippen molar-refractivity contribution in [2.24, 2.45) is 5.92 Å². The lowest BCUT2D eigenvalue weighted by Crippen LogP contribution is -2.52. The number of ether oxygens (including phenoxy) is 4. The lowest BCUT2D eigenvalue weighted by molar-refractivity contribution is -0.277. The zero-order valence-electron chi connectivity index (χ0n) is 19.9. The van der Waals surface area contributed by atoms with Crippen LogP contribution in [0.2, 0.25) is 0 Å². The molecular formula is C24H31F3O7. The minimum absolute atomic E-state index is 0.0598. The van der Waals surface area contributed by atoms with Crippen molar-refractivity contribution in [1.29, 1.82) is 0 Å². The summed E-state index contributed by atoms with van der Waals surface area (Å²) in [6.45, 7) is 6.39. The molecule has 0 aliphatic rings. The van der Waals surface area contributed by atoms with Crippen LogP contribution in [0.25, 0.3) is 0 Å². The van der Waals surface area contributed by atoms with Gasteiger partial charge >= 0.3 is 24.1 Å². The monoisotopic (exact) mass is 488 g/mol. The molecule has 0 bridgehead atoms. The van der Waals surface area contributed by atoms with E-state index in [4.69, 9.17) is 18.9 Å². The molecule has 1 unspecified atom stereocenters. The van der Waals surface area contributed by atoms with Gasteiger partial charge in [0.2, 0.25) is 0 Å². The Morgan fingerprint density at radius 2 is 1.53 bits per heavy atom. The number of hydrogen-bond acceptors (Lipinski definition) is 7. The van der Waals surface area contributed by atoms with Crippen molar-refractivity contribution in [1.82, 2.24) is 0 Å². The molecule has 2 atom stereocenters. The Morgan fingerprint density at radius 3 is 1.97 bits per heavy atom. The van der Waals surface area contributed by atoms with Crippen molar-refractivity contribution >= 4 is 17.9 Å². The molecule has 0 heterocycles. The number of methoxy groups -OCH3 is 1. The second kappa shape index (κ2) is 13.1. The summed E-state index contributed by atoms with van der Waals surface area (Å²) < 4.78 is 61.7. The summed E-state index contributed by atoms with van der Waals surface area (Å²) in [4.78, 5) is 36.9. The van der Waals surface area contributed by atoms with Crippen molar-refractivity contribution in [3.8, 4) is 0 Å². The maximum absolute atomic E-state index is 14.0. The van der Waals surface area contributed by atoms with Crippen LogP contribution in [0.15, 0.2) is 42.0 Å². The number of carbonyl (C=O) groups is 3. The molecule has 190 valence electrons. The van der Waals surface area contributed by atoms with Crippen LogP contribution in [0.1, 0.15) is 46.1 Å². The number of alkyl halides is 3. The van der Waals surface area contributed by atoms with Crippen LogP contribution < -0.4 is 0 Å². The van der Waals surface area contributed by atoms with E-state index in [0.717, 1.165) is 19.2 Å². The van der Waals surface area contributed by atoms with Crippen LogP contribution >= 0.6 is 0 Å². The standard InChI is InChI=1S/C24H31F3O7/c1-6-32-20(28)19(21(29)33-7-2)15-11-12-16(3)17(4)34-22(30)23(31-5,24(25,26)27)18-13-9-8-10-14-18/h8-10,12-14,17,19H,6-7,11,15H2,1-5H3/b16-12+/t17-,23?/m0/s1. The lowest BCUT2D eigenvalue weighted by atomic mass is 9.92.